The minimum absolute atomic E-state index is 0.0451. The Labute approximate surface area is 80.6 Å². The molecule has 2 heteroatoms. The van der Waals surface area contributed by atoms with Crippen molar-refractivity contribution in [2.45, 2.75) is 58.3 Å². The summed E-state index contributed by atoms with van der Waals surface area (Å²) in [7, 11) is 0. The van der Waals surface area contributed by atoms with Gasteiger partial charge in [-0.2, -0.15) is 0 Å². The van der Waals surface area contributed by atoms with Gasteiger partial charge in [0, 0.05) is 0 Å². The summed E-state index contributed by atoms with van der Waals surface area (Å²) in [6, 6.07) is 0. The van der Waals surface area contributed by atoms with Gasteiger partial charge < -0.3 is 9.84 Å². The summed E-state index contributed by atoms with van der Waals surface area (Å²) in [5.74, 6) is 0. The van der Waals surface area contributed by atoms with Crippen molar-refractivity contribution in [3.63, 3.8) is 0 Å². The molecule has 1 aliphatic carbocycles. The van der Waals surface area contributed by atoms with E-state index in [1.54, 1.807) is 0 Å². The number of rotatable bonds is 2. The zero-order valence-electron chi connectivity index (χ0n) is 8.79. The van der Waals surface area contributed by atoms with Crippen LogP contribution in [0.3, 0.4) is 0 Å². The van der Waals surface area contributed by atoms with Gasteiger partial charge in [-0.3, -0.25) is 0 Å². The van der Waals surface area contributed by atoms with Gasteiger partial charge in [-0.25, -0.2) is 0 Å². The molecule has 2 nitrogen and oxygen atoms in total. The van der Waals surface area contributed by atoms with E-state index in [2.05, 4.69) is 6.08 Å². The third kappa shape index (κ3) is 3.12. The standard InChI is InChI=1S/C11H20O2/c1-4-9-5-6-11(10(12)7-9)13-8(2)3/h4,8,10-12H,5-7H2,1-3H3. The Bertz CT molecular complexity index is 185. The maximum atomic E-state index is 9.75. The van der Waals surface area contributed by atoms with Crippen LogP contribution in [0.4, 0.5) is 0 Å². The smallest absolute Gasteiger partial charge is 0.0843 e. The number of hydrogen-bond acceptors (Lipinski definition) is 2. The van der Waals surface area contributed by atoms with Crippen LogP contribution < -0.4 is 0 Å². The van der Waals surface area contributed by atoms with E-state index in [9.17, 15) is 5.11 Å². The van der Waals surface area contributed by atoms with Crippen molar-refractivity contribution in [3.8, 4) is 0 Å². The highest BCUT2D eigenvalue weighted by Crippen LogP contribution is 2.26. The minimum Gasteiger partial charge on any atom is -0.390 e. The molecule has 1 fully saturated rings. The summed E-state index contributed by atoms with van der Waals surface area (Å²) >= 11 is 0. The van der Waals surface area contributed by atoms with Crippen molar-refractivity contribution in [2.75, 3.05) is 0 Å². The average Bonchev–Trinajstić information content (AvgIpc) is 2.08. The highest BCUT2D eigenvalue weighted by Gasteiger charge is 2.26. The van der Waals surface area contributed by atoms with Crippen molar-refractivity contribution in [1.82, 2.24) is 0 Å². The van der Waals surface area contributed by atoms with Crippen LogP contribution in [0.5, 0.6) is 0 Å². The van der Waals surface area contributed by atoms with Gasteiger partial charge in [-0.1, -0.05) is 11.6 Å². The highest BCUT2D eigenvalue weighted by molar-refractivity contribution is 5.07. The Kier molecular flexibility index (Phi) is 3.94. The first-order valence-corrected chi connectivity index (χ1v) is 5.11. The lowest BCUT2D eigenvalue weighted by Crippen LogP contribution is -2.34. The Morgan fingerprint density at radius 2 is 2.23 bits per heavy atom. The Balaban J connectivity index is 2.44. The normalized spacial score (nSPS) is 32.8. The second-order valence-electron chi connectivity index (χ2n) is 3.98. The van der Waals surface area contributed by atoms with E-state index >= 15 is 0 Å². The maximum Gasteiger partial charge on any atom is 0.0843 e. The summed E-state index contributed by atoms with van der Waals surface area (Å²) < 4.78 is 5.62. The predicted octanol–water partition coefficient (Wildman–Crippen LogP) is 2.27. The second-order valence-corrected chi connectivity index (χ2v) is 3.98. The van der Waals surface area contributed by atoms with Gasteiger partial charge in [-0.15, -0.1) is 0 Å². The summed E-state index contributed by atoms with van der Waals surface area (Å²) in [5.41, 5.74) is 1.36. The molecule has 0 aromatic rings. The molecule has 0 amide bonds. The van der Waals surface area contributed by atoms with E-state index < -0.39 is 0 Å². The molecule has 0 saturated heterocycles. The molecule has 76 valence electrons. The van der Waals surface area contributed by atoms with Crippen LogP contribution in [0.25, 0.3) is 0 Å². The van der Waals surface area contributed by atoms with Crippen LogP contribution >= 0.6 is 0 Å². The Morgan fingerprint density at radius 3 is 2.69 bits per heavy atom. The zero-order chi connectivity index (χ0) is 9.84. The van der Waals surface area contributed by atoms with Crippen LogP contribution in [-0.4, -0.2) is 23.4 Å². The molecule has 1 rings (SSSR count). The van der Waals surface area contributed by atoms with E-state index in [0.717, 1.165) is 19.3 Å². The molecular weight excluding hydrogens is 164 g/mol. The van der Waals surface area contributed by atoms with Crippen molar-refractivity contribution in [2.24, 2.45) is 0 Å². The molecular formula is C11H20O2. The topological polar surface area (TPSA) is 29.5 Å². The molecule has 2 atom stereocenters. The monoisotopic (exact) mass is 184 g/mol. The molecule has 1 saturated carbocycles. The molecule has 0 heterocycles. The lowest BCUT2D eigenvalue weighted by molar-refractivity contribution is -0.0751. The van der Waals surface area contributed by atoms with Crippen molar-refractivity contribution in [1.29, 1.82) is 0 Å². The first kappa shape index (κ1) is 10.7. The van der Waals surface area contributed by atoms with Gasteiger partial charge in [0.1, 0.15) is 0 Å². The van der Waals surface area contributed by atoms with Crippen LogP contribution in [0.15, 0.2) is 11.6 Å². The van der Waals surface area contributed by atoms with Gasteiger partial charge in [0.2, 0.25) is 0 Å². The van der Waals surface area contributed by atoms with Gasteiger partial charge in [-0.05, 0) is 40.0 Å². The summed E-state index contributed by atoms with van der Waals surface area (Å²) in [4.78, 5) is 0. The van der Waals surface area contributed by atoms with Crippen LogP contribution in [-0.2, 0) is 4.74 Å². The number of ether oxygens (including phenoxy) is 1. The largest absolute Gasteiger partial charge is 0.390 e. The SMILES string of the molecule is CC=C1CCC(OC(C)C)C(O)C1. The third-order valence-corrected chi connectivity index (χ3v) is 2.51. The van der Waals surface area contributed by atoms with Gasteiger partial charge in [0.25, 0.3) is 0 Å². The molecule has 1 N–H and O–H groups in total. The Morgan fingerprint density at radius 1 is 1.54 bits per heavy atom. The van der Waals surface area contributed by atoms with Crippen LogP contribution in [0.2, 0.25) is 0 Å². The molecule has 0 aliphatic heterocycles. The molecule has 13 heavy (non-hydrogen) atoms. The fraction of sp³-hybridized carbons (Fsp3) is 0.818. The van der Waals surface area contributed by atoms with Crippen molar-refractivity contribution in [3.05, 3.63) is 11.6 Å². The molecule has 0 aromatic carbocycles. The van der Waals surface area contributed by atoms with Gasteiger partial charge in [0.15, 0.2) is 0 Å². The molecule has 0 radical (unpaired) electrons. The summed E-state index contributed by atoms with van der Waals surface area (Å²) in [6.07, 6.45) is 4.88. The van der Waals surface area contributed by atoms with E-state index in [1.807, 2.05) is 20.8 Å². The first-order chi connectivity index (χ1) is 6.13. The summed E-state index contributed by atoms with van der Waals surface area (Å²) in [6.45, 7) is 6.06. The number of hydrogen-bond donors (Lipinski definition) is 1. The van der Waals surface area contributed by atoms with Gasteiger partial charge in [0.05, 0.1) is 18.3 Å². The number of allylic oxidation sites excluding steroid dienone is 1. The molecule has 0 spiro atoms. The van der Waals surface area contributed by atoms with Crippen LogP contribution in [0, 0.1) is 0 Å². The molecule has 1 aliphatic rings. The zero-order valence-corrected chi connectivity index (χ0v) is 8.79. The van der Waals surface area contributed by atoms with Crippen LogP contribution in [0.1, 0.15) is 40.0 Å². The molecule has 2 unspecified atom stereocenters. The molecule has 0 aromatic heterocycles. The maximum absolute atomic E-state index is 9.75. The highest BCUT2D eigenvalue weighted by atomic mass is 16.5. The van der Waals surface area contributed by atoms with E-state index in [-0.39, 0.29) is 18.3 Å². The van der Waals surface area contributed by atoms with E-state index in [1.165, 1.54) is 5.57 Å². The minimum atomic E-state index is -0.303. The summed E-state index contributed by atoms with van der Waals surface area (Å²) in [5, 5.41) is 9.75. The first-order valence-electron chi connectivity index (χ1n) is 5.11. The fourth-order valence-electron chi connectivity index (χ4n) is 1.79. The lowest BCUT2D eigenvalue weighted by atomic mass is 9.90. The fourth-order valence-corrected chi connectivity index (χ4v) is 1.79. The average molecular weight is 184 g/mol. The van der Waals surface area contributed by atoms with Crippen molar-refractivity contribution < 1.29 is 9.84 Å². The predicted molar refractivity (Wildman–Crippen MR) is 53.6 cm³/mol. The lowest BCUT2D eigenvalue weighted by Gasteiger charge is -2.30. The number of aliphatic hydroxyl groups is 1. The quantitative estimate of drug-likeness (QED) is 0.667. The van der Waals surface area contributed by atoms with Crippen molar-refractivity contribution >= 4 is 0 Å². The van der Waals surface area contributed by atoms with E-state index in [4.69, 9.17) is 4.74 Å². The molecule has 0 bridgehead atoms. The second kappa shape index (κ2) is 4.77. The Hall–Kier alpha value is -0.340. The van der Waals surface area contributed by atoms with Gasteiger partial charge >= 0.3 is 0 Å². The number of aliphatic hydroxyl groups excluding tert-OH is 1. The third-order valence-electron chi connectivity index (χ3n) is 2.51. The van der Waals surface area contributed by atoms with E-state index in [0.29, 0.717) is 0 Å².